The zero-order chi connectivity index (χ0) is 18.1. The summed E-state index contributed by atoms with van der Waals surface area (Å²) in [6.45, 7) is -0.199. The molecule has 0 spiro atoms. The number of ether oxygens (including phenoxy) is 1. The molecule has 6 nitrogen and oxygen atoms in total. The second-order valence-corrected chi connectivity index (χ2v) is 5.43. The highest BCUT2D eigenvalue weighted by atomic mass is 35.5. The fourth-order valence-corrected chi connectivity index (χ4v) is 2.03. The van der Waals surface area contributed by atoms with E-state index < -0.39 is 11.9 Å². The van der Waals surface area contributed by atoms with Gasteiger partial charge in [0.05, 0.1) is 12.1 Å². The second-order valence-electron chi connectivity index (χ2n) is 5.00. The number of aliphatic carboxylic acids is 1. The van der Waals surface area contributed by atoms with Crippen LogP contribution in [0.5, 0.6) is 5.75 Å². The summed E-state index contributed by atoms with van der Waals surface area (Å²) in [7, 11) is 0. The van der Waals surface area contributed by atoms with Crippen molar-refractivity contribution in [3.63, 3.8) is 0 Å². The van der Waals surface area contributed by atoms with Crippen LogP contribution in [0.4, 0.5) is 0 Å². The number of nitrogens with one attached hydrogen (secondary N) is 2. The molecule has 0 heterocycles. The molecule has 3 N–H and O–H groups in total. The van der Waals surface area contributed by atoms with Crippen LogP contribution in [0, 0.1) is 0 Å². The first-order chi connectivity index (χ1) is 12.0. The van der Waals surface area contributed by atoms with Crippen LogP contribution in [0.2, 0.25) is 5.02 Å². The van der Waals surface area contributed by atoms with Gasteiger partial charge in [-0.3, -0.25) is 20.4 Å². The van der Waals surface area contributed by atoms with Crippen molar-refractivity contribution in [2.45, 2.75) is 6.42 Å². The van der Waals surface area contributed by atoms with E-state index in [1.807, 2.05) is 18.2 Å². The number of carbonyl (C=O) groups is 2. The van der Waals surface area contributed by atoms with E-state index in [1.165, 1.54) is 6.08 Å². The van der Waals surface area contributed by atoms with Crippen LogP contribution in [0.1, 0.15) is 12.0 Å². The van der Waals surface area contributed by atoms with Crippen molar-refractivity contribution >= 4 is 29.2 Å². The highest BCUT2D eigenvalue weighted by Gasteiger charge is 2.06. The predicted octanol–water partition coefficient (Wildman–Crippen LogP) is 2.86. The van der Waals surface area contributed by atoms with E-state index in [1.54, 1.807) is 36.4 Å². The molecule has 0 saturated heterocycles. The lowest BCUT2D eigenvalue weighted by Crippen LogP contribution is -2.39. The van der Waals surface area contributed by atoms with Gasteiger partial charge in [-0.1, -0.05) is 41.9 Å². The molecule has 25 heavy (non-hydrogen) atoms. The molecule has 7 heteroatoms. The van der Waals surface area contributed by atoms with Gasteiger partial charge in [-0.2, -0.15) is 0 Å². The zero-order valence-electron chi connectivity index (χ0n) is 13.2. The Kier molecular flexibility index (Phi) is 6.86. The summed E-state index contributed by atoms with van der Waals surface area (Å²) in [4.78, 5) is 22.7. The maximum atomic E-state index is 11.9. The Labute approximate surface area is 150 Å². The normalized spacial score (nSPS) is 10.8. The molecule has 2 aromatic carbocycles. The number of rotatable bonds is 8. The fraction of sp³-hybridized carbons (Fsp3) is 0.111. The first-order valence-electron chi connectivity index (χ1n) is 7.45. The number of carboxylic acid groups (broad SMARTS) is 1. The van der Waals surface area contributed by atoms with Crippen molar-refractivity contribution in [2.24, 2.45) is 0 Å². The molecule has 0 unspecified atom stereocenters. The third-order valence-corrected chi connectivity index (χ3v) is 3.34. The van der Waals surface area contributed by atoms with Crippen LogP contribution < -0.4 is 15.6 Å². The molecule has 0 aliphatic carbocycles. The maximum Gasteiger partial charge on any atom is 0.307 e. The Morgan fingerprint density at radius 2 is 1.72 bits per heavy atom. The zero-order valence-corrected chi connectivity index (χ0v) is 14.0. The minimum absolute atomic E-state index is 0.172. The standard InChI is InChI=1S/C18H17ClN2O4/c19-14-6-8-15(9-7-14)25-12-17(22)21-20-16(10-11-18(23)24)13-4-2-1-3-5-13/h1-10,20H,11-12H2,(H,21,22)(H,23,24). The Bertz CT molecular complexity index is 745. The molecule has 1 amide bonds. The van der Waals surface area contributed by atoms with Crippen LogP contribution in [-0.4, -0.2) is 23.6 Å². The van der Waals surface area contributed by atoms with Crippen molar-refractivity contribution in [3.05, 3.63) is 71.3 Å². The summed E-state index contributed by atoms with van der Waals surface area (Å²) in [5, 5.41) is 9.41. The van der Waals surface area contributed by atoms with Gasteiger partial charge in [-0.05, 0) is 35.9 Å². The lowest BCUT2D eigenvalue weighted by atomic mass is 10.1. The molecule has 0 saturated carbocycles. The van der Waals surface area contributed by atoms with Gasteiger partial charge >= 0.3 is 5.97 Å². The van der Waals surface area contributed by atoms with E-state index in [0.29, 0.717) is 16.5 Å². The largest absolute Gasteiger partial charge is 0.484 e. The summed E-state index contributed by atoms with van der Waals surface area (Å²) < 4.78 is 5.33. The first-order valence-corrected chi connectivity index (χ1v) is 7.83. The molecule has 2 aromatic rings. The van der Waals surface area contributed by atoms with Crippen LogP contribution >= 0.6 is 11.6 Å². The third-order valence-electron chi connectivity index (χ3n) is 3.09. The van der Waals surface area contributed by atoms with E-state index >= 15 is 0 Å². The van der Waals surface area contributed by atoms with Crippen LogP contribution in [0.3, 0.4) is 0 Å². The van der Waals surface area contributed by atoms with Crippen LogP contribution in [0.15, 0.2) is 60.7 Å². The number of carboxylic acids is 1. The van der Waals surface area contributed by atoms with E-state index in [2.05, 4.69) is 10.9 Å². The minimum Gasteiger partial charge on any atom is -0.484 e. The van der Waals surface area contributed by atoms with Gasteiger partial charge in [0.2, 0.25) is 0 Å². The summed E-state index contributed by atoms with van der Waals surface area (Å²) in [6.07, 6.45) is 1.31. The van der Waals surface area contributed by atoms with Crippen molar-refractivity contribution in [1.29, 1.82) is 0 Å². The average Bonchev–Trinajstić information content (AvgIpc) is 2.62. The third kappa shape index (κ3) is 6.56. The van der Waals surface area contributed by atoms with Crippen molar-refractivity contribution in [1.82, 2.24) is 10.9 Å². The molecular weight excluding hydrogens is 344 g/mol. The molecule has 0 atom stereocenters. The van der Waals surface area contributed by atoms with Gasteiger partial charge in [-0.25, -0.2) is 0 Å². The Balaban J connectivity index is 1.90. The lowest BCUT2D eigenvalue weighted by Gasteiger charge is -2.13. The highest BCUT2D eigenvalue weighted by Crippen LogP contribution is 2.15. The SMILES string of the molecule is O=C(O)CC=C(NNC(=O)COc1ccc(Cl)cc1)c1ccccc1. The second kappa shape index (κ2) is 9.34. The van der Waals surface area contributed by atoms with E-state index in [-0.39, 0.29) is 13.0 Å². The number of amides is 1. The van der Waals surface area contributed by atoms with Crippen molar-refractivity contribution in [3.8, 4) is 5.75 Å². The van der Waals surface area contributed by atoms with Crippen LogP contribution in [-0.2, 0) is 9.59 Å². The maximum absolute atomic E-state index is 11.9. The molecule has 0 bridgehead atoms. The van der Waals surface area contributed by atoms with E-state index in [4.69, 9.17) is 21.4 Å². The summed E-state index contributed by atoms with van der Waals surface area (Å²) in [5.41, 5.74) is 6.46. The Hall–Kier alpha value is -2.99. The molecule has 0 radical (unpaired) electrons. The van der Waals surface area contributed by atoms with Gasteiger partial charge in [0.1, 0.15) is 5.75 Å². The first kappa shape index (κ1) is 18.4. The number of hydrogen-bond acceptors (Lipinski definition) is 4. The quantitative estimate of drug-likeness (QED) is 0.630. The molecule has 2 rings (SSSR count). The van der Waals surface area contributed by atoms with Gasteiger partial charge in [0, 0.05) is 5.02 Å². The van der Waals surface area contributed by atoms with Gasteiger partial charge < -0.3 is 9.84 Å². The van der Waals surface area contributed by atoms with Crippen molar-refractivity contribution in [2.75, 3.05) is 6.61 Å². The molecule has 0 aliphatic heterocycles. The molecule has 0 aromatic heterocycles. The monoisotopic (exact) mass is 360 g/mol. The molecule has 0 aliphatic rings. The fourth-order valence-electron chi connectivity index (χ4n) is 1.90. The number of hydrazine groups is 1. The summed E-state index contributed by atoms with van der Waals surface area (Å²) in [5.74, 6) is -0.857. The summed E-state index contributed by atoms with van der Waals surface area (Å²) >= 11 is 5.78. The number of hydrogen-bond donors (Lipinski definition) is 3. The summed E-state index contributed by atoms with van der Waals surface area (Å²) in [6, 6.07) is 15.7. The number of carbonyl (C=O) groups excluding carboxylic acids is 1. The van der Waals surface area contributed by atoms with Gasteiger partial charge in [-0.15, -0.1) is 0 Å². The van der Waals surface area contributed by atoms with Gasteiger partial charge in [0.25, 0.3) is 5.91 Å². The van der Waals surface area contributed by atoms with E-state index in [9.17, 15) is 9.59 Å². The topological polar surface area (TPSA) is 87.7 Å². The minimum atomic E-state index is -0.965. The Morgan fingerprint density at radius 1 is 1.04 bits per heavy atom. The molecule has 0 fully saturated rings. The molecule has 130 valence electrons. The van der Waals surface area contributed by atoms with Crippen molar-refractivity contribution < 1.29 is 19.4 Å². The number of halogens is 1. The number of benzene rings is 2. The smallest absolute Gasteiger partial charge is 0.307 e. The van der Waals surface area contributed by atoms with E-state index in [0.717, 1.165) is 5.56 Å². The van der Waals surface area contributed by atoms with Gasteiger partial charge in [0.15, 0.2) is 6.61 Å². The lowest BCUT2D eigenvalue weighted by molar-refractivity contribution is -0.136. The molecular formula is C18H17ClN2O4. The Morgan fingerprint density at radius 3 is 2.36 bits per heavy atom. The highest BCUT2D eigenvalue weighted by molar-refractivity contribution is 6.30. The predicted molar refractivity (Wildman–Crippen MR) is 94.9 cm³/mol. The average molecular weight is 361 g/mol. The van der Waals surface area contributed by atoms with Crippen LogP contribution in [0.25, 0.3) is 5.70 Å².